The maximum absolute atomic E-state index is 9.04. The highest BCUT2D eigenvalue weighted by molar-refractivity contribution is 5.68. The van der Waals surface area contributed by atoms with Crippen molar-refractivity contribution in [3.8, 4) is 11.3 Å². The first kappa shape index (κ1) is 8.68. The van der Waals surface area contributed by atoms with E-state index in [-0.39, 0.29) is 6.61 Å². The van der Waals surface area contributed by atoms with Gasteiger partial charge in [0.2, 0.25) is 0 Å². The van der Waals surface area contributed by atoms with Crippen molar-refractivity contribution in [1.29, 1.82) is 0 Å². The first-order valence-electron chi connectivity index (χ1n) is 5.15. The van der Waals surface area contributed by atoms with Gasteiger partial charge < -0.3 is 10.1 Å². The summed E-state index contributed by atoms with van der Waals surface area (Å²) in [6, 6.07) is 8.32. The van der Waals surface area contributed by atoms with Crippen molar-refractivity contribution >= 4 is 0 Å². The molecule has 1 aliphatic carbocycles. The number of nitrogens with one attached hydrogen (secondary N) is 1. The summed E-state index contributed by atoms with van der Waals surface area (Å²) in [5.41, 5.74) is 4.72. The Morgan fingerprint density at radius 2 is 2.13 bits per heavy atom. The number of H-pyrrole nitrogens is 1. The van der Waals surface area contributed by atoms with Gasteiger partial charge >= 0.3 is 0 Å². The molecule has 0 atom stereocenters. The predicted molar refractivity (Wildman–Crippen MR) is 57.4 cm³/mol. The van der Waals surface area contributed by atoms with Crippen LogP contribution in [0.15, 0.2) is 24.3 Å². The van der Waals surface area contributed by atoms with Crippen LogP contribution in [0.3, 0.4) is 0 Å². The molecule has 0 amide bonds. The number of aryl methyl sites for hydroxylation is 2. The summed E-state index contributed by atoms with van der Waals surface area (Å²) in [6.45, 7) is -0.0187. The summed E-state index contributed by atoms with van der Waals surface area (Å²) in [4.78, 5) is 7.57. The van der Waals surface area contributed by atoms with Gasteiger partial charge in [0, 0.05) is 11.3 Å². The lowest BCUT2D eigenvalue weighted by Crippen LogP contribution is -2.02. The van der Waals surface area contributed by atoms with Crippen LogP contribution in [0.5, 0.6) is 0 Å². The summed E-state index contributed by atoms with van der Waals surface area (Å²) in [5, 5.41) is 9.04. The van der Waals surface area contributed by atoms with Crippen LogP contribution in [0.25, 0.3) is 11.3 Å². The zero-order valence-corrected chi connectivity index (χ0v) is 8.33. The number of aliphatic hydroxyl groups excluding tert-OH is 1. The van der Waals surface area contributed by atoms with Gasteiger partial charge in [-0.15, -0.1) is 0 Å². The van der Waals surface area contributed by atoms with E-state index in [0.29, 0.717) is 5.82 Å². The second kappa shape index (κ2) is 3.21. The molecule has 2 N–H and O–H groups in total. The Kier molecular flexibility index (Phi) is 1.86. The highest BCUT2D eigenvalue weighted by atomic mass is 16.3. The number of rotatable bonds is 1. The van der Waals surface area contributed by atoms with Crippen LogP contribution in [0.2, 0.25) is 0 Å². The fraction of sp³-hybridized carbons (Fsp3) is 0.250. The van der Waals surface area contributed by atoms with Crippen LogP contribution in [0.4, 0.5) is 0 Å². The fourth-order valence-corrected chi connectivity index (χ4v) is 2.17. The monoisotopic (exact) mass is 200 g/mol. The molecule has 0 unspecified atom stereocenters. The van der Waals surface area contributed by atoms with Crippen LogP contribution >= 0.6 is 0 Å². The zero-order valence-electron chi connectivity index (χ0n) is 8.33. The summed E-state index contributed by atoms with van der Waals surface area (Å²) in [7, 11) is 0. The minimum atomic E-state index is -0.0187. The second-order valence-corrected chi connectivity index (χ2v) is 3.83. The highest BCUT2D eigenvalue weighted by Crippen LogP contribution is 2.31. The van der Waals surface area contributed by atoms with Gasteiger partial charge in [-0.3, -0.25) is 0 Å². The van der Waals surface area contributed by atoms with Gasteiger partial charge in [-0.05, 0) is 18.4 Å². The third-order valence-electron chi connectivity index (χ3n) is 2.89. The number of aromatic amines is 1. The lowest BCUT2D eigenvalue weighted by molar-refractivity contribution is 0.272. The molecule has 15 heavy (non-hydrogen) atoms. The molecule has 0 bridgehead atoms. The summed E-state index contributed by atoms with van der Waals surface area (Å²) in [6.07, 6.45) is 2.04. The Morgan fingerprint density at radius 3 is 3.00 bits per heavy atom. The minimum absolute atomic E-state index is 0.0187. The number of hydrogen-bond donors (Lipinski definition) is 2. The van der Waals surface area contributed by atoms with E-state index in [4.69, 9.17) is 5.11 Å². The number of aromatic nitrogens is 2. The molecule has 2 aromatic rings. The van der Waals surface area contributed by atoms with Gasteiger partial charge in [-0.25, -0.2) is 4.98 Å². The normalized spacial score (nSPS) is 13.4. The van der Waals surface area contributed by atoms with Gasteiger partial charge in [-0.1, -0.05) is 24.3 Å². The third-order valence-corrected chi connectivity index (χ3v) is 2.89. The predicted octanol–water partition coefficient (Wildman–Crippen LogP) is 1.67. The topological polar surface area (TPSA) is 48.9 Å². The largest absolute Gasteiger partial charge is 0.388 e. The Balaban J connectivity index is 2.20. The van der Waals surface area contributed by atoms with Crippen LogP contribution < -0.4 is 0 Å². The molecule has 76 valence electrons. The van der Waals surface area contributed by atoms with E-state index in [0.717, 1.165) is 24.2 Å². The maximum atomic E-state index is 9.04. The van der Waals surface area contributed by atoms with E-state index in [1.165, 1.54) is 11.1 Å². The summed E-state index contributed by atoms with van der Waals surface area (Å²) >= 11 is 0. The van der Waals surface area contributed by atoms with E-state index < -0.39 is 0 Å². The molecular weight excluding hydrogens is 188 g/mol. The highest BCUT2D eigenvalue weighted by Gasteiger charge is 2.19. The van der Waals surface area contributed by atoms with E-state index in [1.54, 1.807) is 0 Å². The zero-order chi connectivity index (χ0) is 10.3. The van der Waals surface area contributed by atoms with Crippen LogP contribution in [-0.2, 0) is 19.4 Å². The van der Waals surface area contributed by atoms with E-state index in [9.17, 15) is 0 Å². The number of imidazole rings is 1. The number of aliphatic hydroxyl groups is 1. The van der Waals surface area contributed by atoms with Crippen molar-refractivity contribution in [3.63, 3.8) is 0 Å². The molecule has 3 heteroatoms. The van der Waals surface area contributed by atoms with Gasteiger partial charge in [0.1, 0.15) is 12.4 Å². The standard InChI is InChI=1S/C12H12N2O/c15-7-11-13-10-6-5-8-3-1-2-4-9(8)12(10)14-11/h1-4,15H,5-7H2,(H,13,14). The van der Waals surface area contributed by atoms with Crippen molar-refractivity contribution in [3.05, 3.63) is 41.3 Å². The molecule has 1 aromatic carbocycles. The molecule has 0 aliphatic heterocycles. The van der Waals surface area contributed by atoms with Crippen molar-refractivity contribution < 1.29 is 5.11 Å². The second-order valence-electron chi connectivity index (χ2n) is 3.83. The minimum Gasteiger partial charge on any atom is -0.388 e. The number of nitrogens with zero attached hydrogens (tertiary/aromatic N) is 1. The van der Waals surface area contributed by atoms with Crippen molar-refractivity contribution in [2.45, 2.75) is 19.4 Å². The molecule has 0 fully saturated rings. The Bertz CT molecular complexity index is 502. The van der Waals surface area contributed by atoms with Crippen molar-refractivity contribution in [2.75, 3.05) is 0 Å². The summed E-state index contributed by atoms with van der Waals surface area (Å²) < 4.78 is 0. The molecule has 0 saturated carbocycles. The number of fused-ring (bicyclic) bond motifs is 3. The van der Waals surface area contributed by atoms with Gasteiger partial charge in [0.05, 0.1) is 5.69 Å². The van der Waals surface area contributed by atoms with Gasteiger partial charge in [0.25, 0.3) is 0 Å². The van der Waals surface area contributed by atoms with E-state index >= 15 is 0 Å². The first-order chi connectivity index (χ1) is 7.38. The molecule has 3 nitrogen and oxygen atoms in total. The average Bonchev–Trinajstić information content (AvgIpc) is 2.72. The summed E-state index contributed by atoms with van der Waals surface area (Å²) in [5.74, 6) is 0.664. The van der Waals surface area contributed by atoms with Crippen LogP contribution in [-0.4, -0.2) is 15.1 Å². The lowest BCUT2D eigenvalue weighted by atomic mass is 9.93. The molecule has 0 saturated heterocycles. The van der Waals surface area contributed by atoms with E-state index in [1.807, 2.05) is 6.07 Å². The maximum Gasteiger partial charge on any atom is 0.132 e. The molecule has 0 spiro atoms. The molecule has 3 rings (SSSR count). The lowest BCUT2D eigenvalue weighted by Gasteiger charge is -2.14. The fourth-order valence-electron chi connectivity index (χ4n) is 2.17. The van der Waals surface area contributed by atoms with Crippen LogP contribution in [0.1, 0.15) is 17.1 Å². The molecule has 1 heterocycles. The molecular formula is C12H12N2O. The smallest absolute Gasteiger partial charge is 0.132 e. The molecule has 0 radical (unpaired) electrons. The molecule has 1 aliphatic rings. The quantitative estimate of drug-likeness (QED) is 0.735. The van der Waals surface area contributed by atoms with Crippen molar-refractivity contribution in [1.82, 2.24) is 9.97 Å². The SMILES string of the molecule is OCc1nc2c([nH]1)CCc1ccccc1-2. The van der Waals surface area contributed by atoms with Gasteiger partial charge in [-0.2, -0.15) is 0 Å². The van der Waals surface area contributed by atoms with E-state index in [2.05, 4.69) is 28.2 Å². The molecule has 1 aromatic heterocycles. The number of hydrogen-bond acceptors (Lipinski definition) is 2. The van der Waals surface area contributed by atoms with Crippen LogP contribution in [0, 0.1) is 0 Å². The third kappa shape index (κ3) is 1.27. The van der Waals surface area contributed by atoms with Crippen molar-refractivity contribution in [2.24, 2.45) is 0 Å². The van der Waals surface area contributed by atoms with Gasteiger partial charge in [0.15, 0.2) is 0 Å². The Hall–Kier alpha value is -1.61. The number of benzene rings is 1. The average molecular weight is 200 g/mol. The Labute approximate surface area is 87.8 Å². The first-order valence-corrected chi connectivity index (χ1v) is 5.15. The Morgan fingerprint density at radius 1 is 1.27 bits per heavy atom.